The van der Waals surface area contributed by atoms with Gasteiger partial charge in [0.25, 0.3) is 0 Å². The SMILES string of the molecule is Cc1c(C(N)=O)c(C(=O)OC(C)(C)C)cc(C(F)(F)F)c1-c1ccncc1. The van der Waals surface area contributed by atoms with Gasteiger partial charge in [-0.1, -0.05) is 0 Å². The molecule has 0 saturated heterocycles. The Bertz CT molecular complexity index is 886. The van der Waals surface area contributed by atoms with Gasteiger partial charge >= 0.3 is 12.1 Å². The molecule has 0 saturated carbocycles. The van der Waals surface area contributed by atoms with Crippen molar-refractivity contribution in [2.75, 3.05) is 0 Å². The second-order valence-electron chi connectivity index (χ2n) is 6.95. The lowest BCUT2D eigenvalue weighted by Crippen LogP contribution is -2.27. The predicted octanol–water partition coefficient (Wildman–Crippen LogP) is 4.13. The lowest BCUT2D eigenvalue weighted by molar-refractivity contribution is -0.137. The van der Waals surface area contributed by atoms with E-state index in [9.17, 15) is 22.8 Å². The summed E-state index contributed by atoms with van der Waals surface area (Å²) < 4.78 is 46.4. The molecule has 1 aromatic heterocycles. The Morgan fingerprint density at radius 3 is 2.11 bits per heavy atom. The molecular formula is C19H19F3N2O3. The monoisotopic (exact) mass is 380 g/mol. The van der Waals surface area contributed by atoms with Crippen molar-refractivity contribution in [2.45, 2.75) is 39.5 Å². The molecule has 0 aliphatic carbocycles. The molecule has 0 fully saturated rings. The van der Waals surface area contributed by atoms with Crippen molar-refractivity contribution in [3.05, 3.63) is 52.8 Å². The molecule has 0 atom stereocenters. The quantitative estimate of drug-likeness (QED) is 0.812. The third kappa shape index (κ3) is 4.45. The van der Waals surface area contributed by atoms with Crippen LogP contribution in [0.1, 0.15) is 52.6 Å². The Kier molecular flexibility index (Phi) is 5.30. The minimum atomic E-state index is -4.77. The summed E-state index contributed by atoms with van der Waals surface area (Å²) in [4.78, 5) is 28.2. The number of pyridine rings is 1. The zero-order chi connectivity index (χ0) is 20.6. The lowest BCUT2D eigenvalue weighted by atomic mass is 9.88. The van der Waals surface area contributed by atoms with Crippen LogP contribution in [0.25, 0.3) is 11.1 Å². The molecule has 5 nitrogen and oxygen atoms in total. The van der Waals surface area contributed by atoms with Crippen molar-refractivity contribution < 1.29 is 27.5 Å². The van der Waals surface area contributed by atoms with Gasteiger partial charge in [0.1, 0.15) is 5.60 Å². The molecule has 8 heteroatoms. The van der Waals surface area contributed by atoms with Gasteiger partial charge in [0.15, 0.2) is 0 Å². The standard InChI is InChI=1S/C19H19F3N2O3/c1-10-14(11-5-7-24-8-6-11)13(19(20,21)22)9-12(15(10)16(23)25)17(26)27-18(2,3)4/h5-9H,1-4H3,(H2,23,25). The first-order chi connectivity index (χ1) is 12.3. The first kappa shape index (κ1) is 20.4. The van der Waals surface area contributed by atoms with Gasteiger partial charge in [-0.25, -0.2) is 4.79 Å². The highest BCUT2D eigenvalue weighted by atomic mass is 19.4. The van der Waals surface area contributed by atoms with E-state index in [0.29, 0.717) is 6.07 Å². The van der Waals surface area contributed by atoms with Crippen molar-refractivity contribution >= 4 is 11.9 Å². The number of rotatable bonds is 3. The van der Waals surface area contributed by atoms with E-state index < -0.39 is 34.8 Å². The number of esters is 1. The van der Waals surface area contributed by atoms with Crippen molar-refractivity contribution in [1.29, 1.82) is 0 Å². The number of alkyl halides is 3. The normalized spacial score (nSPS) is 12.0. The number of primary amides is 1. The Morgan fingerprint density at radius 1 is 1.11 bits per heavy atom. The van der Waals surface area contributed by atoms with Crippen LogP contribution in [0.5, 0.6) is 0 Å². The van der Waals surface area contributed by atoms with E-state index in [-0.39, 0.29) is 22.3 Å². The average Bonchev–Trinajstić information content (AvgIpc) is 2.51. The maximum absolute atomic E-state index is 13.7. The summed E-state index contributed by atoms with van der Waals surface area (Å²) in [7, 11) is 0. The van der Waals surface area contributed by atoms with E-state index >= 15 is 0 Å². The molecule has 1 amide bonds. The van der Waals surface area contributed by atoms with E-state index in [2.05, 4.69) is 4.98 Å². The molecule has 0 radical (unpaired) electrons. The lowest BCUT2D eigenvalue weighted by Gasteiger charge is -2.23. The van der Waals surface area contributed by atoms with Crippen LogP contribution < -0.4 is 5.73 Å². The Labute approximate surface area is 154 Å². The molecular weight excluding hydrogens is 361 g/mol. The second-order valence-corrected chi connectivity index (χ2v) is 6.95. The van der Waals surface area contributed by atoms with E-state index in [4.69, 9.17) is 10.5 Å². The fourth-order valence-electron chi connectivity index (χ4n) is 2.74. The summed E-state index contributed by atoms with van der Waals surface area (Å²) in [5.74, 6) is -2.07. The van der Waals surface area contributed by atoms with Crippen molar-refractivity contribution in [3.8, 4) is 11.1 Å². The number of ether oxygens (including phenoxy) is 1. The van der Waals surface area contributed by atoms with E-state index in [1.54, 1.807) is 20.8 Å². The molecule has 1 aromatic carbocycles. The smallest absolute Gasteiger partial charge is 0.417 e. The third-order valence-electron chi connectivity index (χ3n) is 3.72. The molecule has 2 aromatic rings. The molecule has 0 unspecified atom stereocenters. The largest absolute Gasteiger partial charge is 0.456 e. The molecule has 2 rings (SSSR count). The van der Waals surface area contributed by atoms with E-state index in [1.807, 2.05) is 0 Å². The zero-order valence-corrected chi connectivity index (χ0v) is 15.3. The number of benzene rings is 1. The summed E-state index contributed by atoms with van der Waals surface area (Å²) in [6, 6.07) is 3.39. The minimum absolute atomic E-state index is 0.0515. The topological polar surface area (TPSA) is 82.3 Å². The van der Waals surface area contributed by atoms with Crippen LogP contribution in [0.3, 0.4) is 0 Å². The van der Waals surface area contributed by atoms with Gasteiger partial charge in [-0.2, -0.15) is 13.2 Å². The van der Waals surface area contributed by atoms with Gasteiger partial charge in [0, 0.05) is 12.4 Å². The highest BCUT2D eigenvalue weighted by Gasteiger charge is 2.38. The number of aromatic nitrogens is 1. The molecule has 2 N–H and O–H groups in total. The molecule has 0 aliphatic heterocycles. The van der Waals surface area contributed by atoms with Crippen LogP contribution in [0, 0.1) is 6.92 Å². The molecule has 0 bridgehead atoms. The van der Waals surface area contributed by atoms with Crippen LogP contribution in [-0.2, 0) is 10.9 Å². The summed E-state index contributed by atoms with van der Waals surface area (Å²) in [5.41, 5.74) is 2.47. The Hall–Kier alpha value is -2.90. The molecule has 0 aliphatic rings. The first-order valence-electron chi connectivity index (χ1n) is 8.01. The number of amides is 1. The van der Waals surface area contributed by atoms with Gasteiger partial charge < -0.3 is 10.5 Å². The Morgan fingerprint density at radius 2 is 1.67 bits per heavy atom. The minimum Gasteiger partial charge on any atom is -0.456 e. The van der Waals surface area contributed by atoms with Crippen molar-refractivity contribution in [3.63, 3.8) is 0 Å². The third-order valence-corrected chi connectivity index (χ3v) is 3.72. The first-order valence-corrected chi connectivity index (χ1v) is 8.01. The summed E-state index contributed by atoms with van der Waals surface area (Å²) in [5, 5.41) is 0. The van der Waals surface area contributed by atoms with Crippen LogP contribution in [0.4, 0.5) is 13.2 Å². The van der Waals surface area contributed by atoms with E-state index in [0.717, 1.165) is 0 Å². The van der Waals surface area contributed by atoms with Gasteiger partial charge in [0.05, 0.1) is 16.7 Å². The number of carbonyl (C=O) groups excluding carboxylic acids is 2. The fraction of sp³-hybridized carbons (Fsp3) is 0.316. The maximum atomic E-state index is 13.7. The molecule has 144 valence electrons. The van der Waals surface area contributed by atoms with Crippen LogP contribution in [0.2, 0.25) is 0 Å². The molecule has 0 spiro atoms. The molecule has 27 heavy (non-hydrogen) atoms. The van der Waals surface area contributed by atoms with Crippen LogP contribution >= 0.6 is 0 Å². The van der Waals surface area contributed by atoms with Crippen molar-refractivity contribution in [1.82, 2.24) is 4.98 Å². The van der Waals surface area contributed by atoms with Crippen molar-refractivity contribution in [2.24, 2.45) is 5.73 Å². The average molecular weight is 380 g/mol. The summed E-state index contributed by atoms with van der Waals surface area (Å²) in [6.07, 6.45) is -2.10. The second kappa shape index (κ2) is 7.02. The highest BCUT2D eigenvalue weighted by molar-refractivity contribution is 6.07. The van der Waals surface area contributed by atoms with Gasteiger partial charge in [-0.05, 0) is 62.6 Å². The Balaban J connectivity index is 2.87. The predicted molar refractivity (Wildman–Crippen MR) is 93.1 cm³/mol. The van der Waals surface area contributed by atoms with E-state index in [1.165, 1.54) is 31.5 Å². The molecule has 1 heterocycles. The number of carbonyl (C=O) groups is 2. The van der Waals surface area contributed by atoms with Crippen LogP contribution in [0.15, 0.2) is 30.6 Å². The number of halogens is 3. The summed E-state index contributed by atoms with van der Waals surface area (Å²) >= 11 is 0. The van der Waals surface area contributed by atoms with Gasteiger partial charge in [-0.15, -0.1) is 0 Å². The number of nitrogens with two attached hydrogens (primary N) is 1. The van der Waals surface area contributed by atoms with Crippen LogP contribution in [-0.4, -0.2) is 22.5 Å². The van der Waals surface area contributed by atoms with Gasteiger partial charge in [0.2, 0.25) is 5.91 Å². The fourth-order valence-corrected chi connectivity index (χ4v) is 2.74. The maximum Gasteiger partial charge on any atom is 0.417 e. The number of hydrogen-bond acceptors (Lipinski definition) is 4. The number of hydrogen-bond donors (Lipinski definition) is 1. The highest BCUT2D eigenvalue weighted by Crippen LogP contribution is 2.41. The van der Waals surface area contributed by atoms with Gasteiger partial charge in [-0.3, -0.25) is 9.78 Å². The summed E-state index contributed by atoms with van der Waals surface area (Å²) in [6.45, 7) is 6.02. The zero-order valence-electron chi connectivity index (χ0n) is 15.3. The number of nitrogens with zero attached hydrogens (tertiary/aromatic N) is 1.